The van der Waals surface area contributed by atoms with Gasteiger partial charge in [0.25, 0.3) is 0 Å². The van der Waals surface area contributed by atoms with Gasteiger partial charge < -0.3 is 15.0 Å². The van der Waals surface area contributed by atoms with Crippen molar-refractivity contribution < 1.29 is 44.6 Å². The van der Waals surface area contributed by atoms with Gasteiger partial charge in [-0.2, -0.15) is 0 Å². The average Bonchev–Trinajstić information content (AvgIpc) is 2.82. The van der Waals surface area contributed by atoms with E-state index in [2.05, 4.69) is 12.1 Å². The molecule has 0 aliphatic rings. The molecule has 0 aliphatic carbocycles. The number of aliphatic carboxylic acids is 1. The van der Waals surface area contributed by atoms with Gasteiger partial charge in [0.15, 0.2) is 0 Å². The Kier molecular flexibility index (Phi) is 5.41. The van der Waals surface area contributed by atoms with E-state index in [0.717, 1.165) is 10.9 Å². The van der Waals surface area contributed by atoms with Gasteiger partial charge in [-0.3, -0.25) is 0 Å². The van der Waals surface area contributed by atoms with Crippen LogP contribution in [0.4, 0.5) is 0 Å². The van der Waals surface area contributed by atoms with E-state index in [4.69, 9.17) is 0 Å². The van der Waals surface area contributed by atoms with Crippen LogP contribution >= 0.6 is 11.3 Å². The van der Waals surface area contributed by atoms with E-state index in [0.29, 0.717) is 0 Å². The van der Waals surface area contributed by atoms with Crippen molar-refractivity contribution in [2.75, 3.05) is 0 Å². The van der Waals surface area contributed by atoms with E-state index in [9.17, 15) is 15.0 Å². The third-order valence-electron chi connectivity index (χ3n) is 3.41. The number of aliphatic hydroxyl groups excluding tert-OH is 1. The summed E-state index contributed by atoms with van der Waals surface area (Å²) in [6.45, 7) is 0. The molecule has 0 aliphatic heterocycles. The van der Waals surface area contributed by atoms with Crippen LogP contribution < -0.4 is 34.7 Å². The average molecular weight is 308 g/mol. The number of carbonyl (C=O) groups excluding carboxylic acids is 1. The van der Waals surface area contributed by atoms with Crippen LogP contribution in [0, 0.1) is 0 Å². The maximum atomic E-state index is 10.5. The van der Waals surface area contributed by atoms with Crippen LogP contribution in [0.15, 0.2) is 42.5 Å². The van der Waals surface area contributed by atoms with Crippen molar-refractivity contribution >= 4 is 37.5 Å². The van der Waals surface area contributed by atoms with Crippen molar-refractivity contribution in [1.29, 1.82) is 0 Å². The second kappa shape index (κ2) is 6.90. The zero-order valence-electron chi connectivity index (χ0n) is 11.7. The molecule has 0 fully saturated rings. The van der Waals surface area contributed by atoms with Crippen molar-refractivity contribution in [1.82, 2.24) is 0 Å². The molecule has 0 saturated heterocycles. The maximum Gasteiger partial charge on any atom is 1.00 e. The molecular formula is C16H13NaO3S. The van der Waals surface area contributed by atoms with E-state index in [1.54, 1.807) is 11.3 Å². The largest absolute Gasteiger partial charge is 1.00 e. The summed E-state index contributed by atoms with van der Waals surface area (Å²) in [7, 11) is 0. The number of carboxylic acid groups (broad SMARTS) is 1. The smallest absolute Gasteiger partial charge is 0.550 e. The normalized spacial score (nSPS) is 12.2. The molecule has 0 saturated carbocycles. The van der Waals surface area contributed by atoms with Crippen molar-refractivity contribution in [3.05, 3.63) is 48.0 Å². The first-order valence-electron chi connectivity index (χ1n) is 6.44. The molecule has 0 spiro atoms. The number of fused-ring (bicyclic) bond motifs is 3. The molecule has 5 heteroatoms. The zero-order chi connectivity index (χ0) is 14.1. The topological polar surface area (TPSA) is 60.4 Å². The molecule has 3 aromatic rings. The van der Waals surface area contributed by atoms with E-state index in [-0.39, 0.29) is 42.4 Å². The standard InChI is InChI=1S/C16H14O3S.Na/c17-13(6-8-16(18)19)10-5-7-15-12(9-10)11-3-1-2-4-14(11)20-15;/h1-5,7,9,13,17H,6,8H2,(H,18,19);/q;+1/p-1. The first-order chi connectivity index (χ1) is 9.65. The fourth-order valence-electron chi connectivity index (χ4n) is 2.37. The molecular weight excluding hydrogens is 295 g/mol. The minimum atomic E-state index is -1.13. The molecule has 3 nitrogen and oxygen atoms in total. The van der Waals surface area contributed by atoms with Crippen LogP contribution in [0.2, 0.25) is 0 Å². The van der Waals surface area contributed by atoms with Gasteiger partial charge in [0, 0.05) is 26.1 Å². The molecule has 1 atom stereocenters. The van der Waals surface area contributed by atoms with Crippen LogP contribution in [-0.2, 0) is 4.79 Å². The number of hydrogen-bond donors (Lipinski definition) is 1. The summed E-state index contributed by atoms with van der Waals surface area (Å²) >= 11 is 1.71. The van der Waals surface area contributed by atoms with Gasteiger partial charge in [-0.05, 0) is 36.6 Å². The van der Waals surface area contributed by atoms with Gasteiger partial charge >= 0.3 is 29.6 Å². The molecule has 2 aromatic carbocycles. The Morgan fingerprint density at radius 2 is 1.86 bits per heavy atom. The maximum absolute atomic E-state index is 10.5. The second-order valence-electron chi connectivity index (χ2n) is 4.78. The van der Waals surface area contributed by atoms with Gasteiger partial charge in [0.05, 0.1) is 6.10 Å². The number of benzene rings is 2. The Morgan fingerprint density at radius 3 is 2.62 bits per heavy atom. The Hall–Kier alpha value is -0.910. The molecule has 102 valence electrons. The third kappa shape index (κ3) is 3.47. The molecule has 0 radical (unpaired) electrons. The SMILES string of the molecule is O=C([O-])CCC(O)c1ccc2sc3ccccc3c2c1.[Na+]. The van der Waals surface area contributed by atoms with E-state index in [1.165, 1.54) is 14.8 Å². The summed E-state index contributed by atoms with van der Waals surface area (Å²) < 4.78 is 2.38. The number of rotatable bonds is 4. The molecule has 3 rings (SSSR count). The number of carboxylic acids is 1. The van der Waals surface area contributed by atoms with Crippen LogP contribution in [0.25, 0.3) is 20.2 Å². The molecule has 1 unspecified atom stereocenters. The van der Waals surface area contributed by atoms with Crippen molar-refractivity contribution in [2.45, 2.75) is 18.9 Å². The van der Waals surface area contributed by atoms with Crippen LogP contribution in [0.5, 0.6) is 0 Å². The molecule has 0 bridgehead atoms. The summed E-state index contributed by atoms with van der Waals surface area (Å²) in [5.41, 5.74) is 0.752. The molecule has 21 heavy (non-hydrogen) atoms. The van der Waals surface area contributed by atoms with Crippen molar-refractivity contribution in [3.8, 4) is 0 Å². The number of thiophene rings is 1. The van der Waals surface area contributed by atoms with Gasteiger partial charge in [-0.1, -0.05) is 24.3 Å². The summed E-state index contributed by atoms with van der Waals surface area (Å²) in [4.78, 5) is 10.5. The van der Waals surface area contributed by atoms with E-state index >= 15 is 0 Å². The van der Waals surface area contributed by atoms with E-state index < -0.39 is 12.1 Å². The summed E-state index contributed by atoms with van der Waals surface area (Å²) in [5, 5.41) is 22.8. The Morgan fingerprint density at radius 1 is 1.14 bits per heavy atom. The van der Waals surface area contributed by atoms with Crippen molar-refractivity contribution in [3.63, 3.8) is 0 Å². The quantitative estimate of drug-likeness (QED) is 0.669. The second-order valence-corrected chi connectivity index (χ2v) is 5.86. The predicted octanol–water partition coefficient (Wildman–Crippen LogP) is -0.378. The van der Waals surface area contributed by atoms with Gasteiger partial charge in [0.1, 0.15) is 0 Å². The Bertz CT molecular complexity index is 781. The summed E-state index contributed by atoms with van der Waals surface area (Å²) in [6, 6.07) is 13.9. The summed E-state index contributed by atoms with van der Waals surface area (Å²) in [5.74, 6) is -1.13. The van der Waals surface area contributed by atoms with Crippen LogP contribution in [-0.4, -0.2) is 11.1 Å². The zero-order valence-corrected chi connectivity index (χ0v) is 14.5. The summed E-state index contributed by atoms with van der Waals surface area (Å²) in [6.07, 6.45) is -0.726. The van der Waals surface area contributed by atoms with Crippen LogP contribution in [0.1, 0.15) is 24.5 Å². The van der Waals surface area contributed by atoms with Gasteiger partial charge in [-0.15, -0.1) is 11.3 Å². The predicted molar refractivity (Wildman–Crippen MR) is 78.5 cm³/mol. The molecule has 1 aromatic heterocycles. The third-order valence-corrected chi connectivity index (χ3v) is 4.56. The Balaban J connectivity index is 0.00000161. The van der Waals surface area contributed by atoms with Crippen molar-refractivity contribution in [2.24, 2.45) is 0 Å². The molecule has 1 heterocycles. The van der Waals surface area contributed by atoms with E-state index in [1.807, 2.05) is 30.3 Å². The Labute approximate surface area is 148 Å². The fourth-order valence-corrected chi connectivity index (χ4v) is 3.46. The fraction of sp³-hybridized carbons (Fsp3) is 0.188. The van der Waals surface area contributed by atoms with Crippen LogP contribution in [0.3, 0.4) is 0 Å². The monoisotopic (exact) mass is 308 g/mol. The number of hydrogen-bond acceptors (Lipinski definition) is 4. The number of carbonyl (C=O) groups is 1. The molecule has 1 N–H and O–H groups in total. The molecule has 0 amide bonds. The number of aliphatic hydroxyl groups is 1. The minimum Gasteiger partial charge on any atom is -0.550 e. The minimum absolute atomic E-state index is 0. The van der Waals surface area contributed by atoms with Gasteiger partial charge in [-0.25, -0.2) is 0 Å². The first kappa shape index (κ1) is 16.5. The van der Waals surface area contributed by atoms with Gasteiger partial charge in [0.2, 0.25) is 0 Å². The first-order valence-corrected chi connectivity index (χ1v) is 7.26.